The molecule has 0 fully saturated rings. The third kappa shape index (κ3) is 4.89. The predicted molar refractivity (Wildman–Crippen MR) is 81.9 cm³/mol. The van der Waals surface area contributed by atoms with Crippen molar-refractivity contribution in [3.63, 3.8) is 0 Å². The lowest BCUT2D eigenvalue weighted by atomic mass is 10.3. The van der Waals surface area contributed by atoms with E-state index in [9.17, 15) is 5.11 Å². The predicted octanol–water partition coefficient (Wildman–Crippen LogP) is 2.30. The molecule has 0 radical (unpaired) electrons. The standard InChI is InChI=1S/C15H23NO3S/c1-2-6-16-10-12(17)11-20-13-4-5-14-15(9-13)19-8-3-7-18-14/h4-5,9,12,16-17H,2-3,6-8,10-11H2,1H3. The second kappa shape index (κ2) is 8.39. The van der Waals surface area contributed by atoms with E-state index in [4.69, 9.17) is 9.47 Å². The van der Waals surface area contributed by atoms with Crippen LogP contribution < -0.4 is 14.8 Å². The number of ether oxygens (including phenoxy) is 2. The molecule has 112 valence electrons. The van der Waals surface area contributed by atoms with Gasteiger partial charge in [0.05, 0.1) is 19.3 Å². The number of benzene rings is 1. The Bertz CT molecular complexity index is 414. The van der Waals surface area contributed by atoms with E-state index in [2.05, 4.69) is 12.2 Å². The van der Waals surface area contributed by atoms with Gasteiger partial charge in [-0.15, -0.1) is 11.8 Å². The van der Waals surface area contributed by atoms with Crippen molar-refractivity contribution in [1.29, 1.82) is 0 Å². The molecular weight excluding hydrogens is 274 g/mol. The molecule has 2 N–H and O–H groups in total. The van der Waals surface area contributed by atoms with Gasteiger partial charge in [0.2, 0.25) is 0 Å². The summed E-state index contributed by atoms with van der Waals surface area (Å²) in [5.74, 6) is 2.30. The molecule has 1 atom stereocenters. The van der Waals surface area contributed by atoms with Gasteiger partial charge < -0.3 is 19.9 Å². The van der Waals surface area contributed by atoms with Gasteiger partial charge in [-0.1, -0.05) is 6.92 Å². The SMILES string of the molecule is CCCNCC(O)CSc1ccc2c(c1)OCCCO2. The van der Waals surface area contributed by atoms with Crippen LogP contribution in [0.2, 0.25) is 0 Å². The van der Waals surface area contributed by atoms with Crippen LogP contribution in [-0.4, -0.2) is 43.3 Å². The minimum atomic E-state index is -0.331. The van der Waals surface area contributed by atoms with E-state index in [1.54, 1.807) is 11.8 Å². The summed E-state index contributed by atoms with van der Waals surface area (Å²) in [6.45, 7) is 5.12. The Morgan fingerprint density at radius 1 is 1.30 bits per heavy atom. The van der Waals surface area contributed by atoms with Gasteiger partial charge in [-0.3, -0.25) is 0 Å². The van der Waals surface area contributed by atoms with Crippen LogP contribution in [0.4, 0.5) is 0 Å². The van der Waals surface area contributed by atoms with E-state index in [-0.39, 0.29) is 6.10 Å². The highest BCUT2D eigenvalue weighted by molar-refractivity contribution is 7.99. The number of aliphatic hydroxyl groups is 1. The van der Waals surface area contributed by atoms with Crippen molar-refractivity contribution < 1.29 is 14.6 Å². The molecule has 1 heterocycles. The number of thioether (sulfide) groups is 1. The van der Waals surface area contributed by atoms with Crippen molar-refractivity contribution >= 4 is 11.8 Å². The van der Waals surface area contributed by atoms with Gasteiger partial charge in [-0.2, -0.15) is 0 Å². The molecule has 0 saturated heterocycles. The molecule has 20 heavy (non-hydrogen) atoms. The van der Waals surface area contributed by atoms with E-state index >= 15 is 0 Å². The smallest absolute Gasteiger partial charge is 0.162 e. The van der Waals surface area contributed by atoms with E-state index < -0.39 is 0 Å². The Hall–Kier alpha value is -0.910. The topological polar surface area (TPSA) is 50.7 Å². The fourth-order valence-corrected chi connectivity index (χ4v) is 2.79. The zero-order valence-electron chi connectivity index (χ0n) is 11.9. The molecule has 0 amide bonds. The van der Waals surface area contributed by atoms with Crippen LogP contribution in [0.5, 0.6) is 11.5 Å². The minimum Gasteiger partial charge on any atom is -0.490 e. The molecule has 0 bridgehead atoms. The van der Waals surface area contributed by atoms with Crippen LogP contribution >= 0.6 is 11.8 Å². The molecule has 0 spiro atoms. The molecular formula is C15H23NO3S. The summed E-state index contributed by atoms with van der Waals surface area (Å²) in [6, 6.07) is 5.96. The summed E-state index contributed by atoms with van der Waals surface area (Å²) in [5.41, 5.74) is 0. The zero-order chi connectivity index (χ0) is 14.2. The molecule has 1 aromatic carbocycles. The van der Waals surface area contributed by atoms with Crippen molar-refractivity contribution in [2.75, 3.05) is 32.1 Å². The molecule has 1 aromatic rings. The summed E-state index contributed by atoms with van der Waals surface area (Å²) < 4.78 is 11.3. The van der Waals surface area contributed by atoms with Crippen molar-refractivity contribution in [2.24, 2.45) is 0 Å². The Kier molecular flexibility index (Phi) is 6.50. The maximum atomic E-state index is 9.88. The quantitative estimate of drug-likeness (QED) is 0.597. The van der Waals surface area contributed by atoms with Gasteiger partial charge in [0.15, 0.2) is 11.5 Å². The second-order valence-electron chi connectivity index (χ2n) is 4.83. The highest BCUT2D eigenvalue weighted by Crippen LogP contribution is 2.33. The minimum absolute atomic E-state index is 0.331. The number of hydrogen-bond donors (Lipinski definition) is 2. The molecule has 0 aliphatic carbocycles. The molecule has 1 aliphatic rings. The Balaban J connectivity index is 1.82. The molecule has 5 heteroatoms. The van der Waals surface area contributed by atoms with E-state index in [1.165, 1.54) is 0 Å². The van der Waals surface area contributed by atoms with Crippen LogP contribution in [0.3, 0.4) is 0 Å². The van der Waals surface area contributed by atoms with Crippen molar-refractivity contribution in [3.05, 3.63) is 18.2 Å². The maximum absolute atomic E-state index is 9.88. The summed E-state index contributed by atoms with van der Waals surface area (Å²) >= 11 is 1.64. The first-order valence-electron chi connectivity index (χ1n) is 7.21. The summed E-state index contributed by atoms with van der Waals surface area (Å²) in [5, 5.41) is 13.1. The second-order valence-corrected chi connectivity index (χ2v) is 5.92. The van der Waals surface area contributed by atoms with Crippen LogP contribution in [0.15, 0.2) is 23.1 Å². The monoisotopic (exact) mass is 297 g/mol. The molecule has 1 unspecified atom stereocenters. The van der Waals surface area contributed by atoms with E-state index in [0.717, 1.165) is 35.8 Å². The van der Waals surface area contributed by atoms with E-state index in [1.807, 2.05) is 18.2 Å². The van der Waals surface area contributed by atoms with Gasteiger partial charge in [0.25, 0.3) is 0 Å². The number of rotatable bonds is 7. The highest BCUT2D eigenvalue weighted by atomic mass is 32.2. The Labute approximate surface area is 124 Å². The summed E-state index contributed by atoms with van der Waals surface area (Å²) in [4.78, 5) is 1.10. The van der Waals surface area contributed by atoms with Crippen molar-refractivity contribution in [1.82, 2.24) is 5.32 Å². The normalized spacial score (nSPS) is 15.7. The average molecular weight is 297 g/mol. The lowest BCUT2D eigenvalue weighted by Crippen LogP contribution is -2.28. The fourth-order valence-electron chi connectivity index (χ4n) is 1.93. The van der Waals surface area contributed by atoms with Crippen molar-refractivity contribution in [3.8, 4) is 11.5 Å². The van der Waals surface area contributed by atoms with Crippen LogP contribution in [-0.2, 0) is 0 Å². The molecule has 1 aliphatic heterocycles. The Morgan fingerprint density at radius 3 is 2.90 bits per heavy atom. The number of nitrogens with one attached hydrogen (secondary N) is 1. The summed E-state index contributed by atoms with van der Waals surface area (Å²) in [7, 11) is 0. The lowest BCUT2D eigenvalue weighted by Gasteiger charge is -2.12. The van der Waals surface area contributed by atoms with Gasteiger partial charge in [-0.25, -0.2) is 0 Å². The maximum Gasteiger partial charge on any atom is 0.162 e. The molecule has 0 saturated carbocycles. The number of hydrogen-bond acceptors (Lipinski definition) is 5. The van der Waals surface area contributed by atoms with Gasteiger partial charge in [0.1, 0.15) is 0 Å². The van der Waals surface area contributed by atoms with Crippen LogP contribution in [0, 0.1) is 0 Å². The summed E-state index contributed by atoms with van der Waals surface area (Å²) in [6.07, 6.45) is 1.67. The first-order valence-corrected chi connectivity index (χ1v) is 8.19. The van der Waals surface area contributed by atoms with Gasteiger partial charge >= 0.3 is 0 Å². The first-order chi connectivity index (χ1) is 9.79. The van der Waals surface area contributed by atoms with E-state index in [0.29, 0.717) is 25.5 Å². The fraction of sp³-hybridized carbons (Fsp3) is 0.600. The Morgan fingerprint density at radius 2 is 2.10 bits per heavy atom. The molecule has 4 nitrogen and oxygen atoms in total. The van der Waals surface area contributed by atoms with Gasteiger partial charge in [-0.05, 0) is 31.2 Å². The van der Waals surface area contributed by atoms with Crippen molar-refractivity contribution in [2.45, 2.75) is 30.8 Å². The largest absolute Gasteiger partial charge is 0.490 e. The zero-order valence-corrected chi connectivity index (χ0v) is 12.7. The highest BCUT2D eigenvalue weighted by Gasteiger charge is 2.11. The van der Waals surface area contributed by atoms with Gasteiger partial charge in [0, 0.05) is 23.6 Å². The molecule has 0 aromatic heterocycles. The van der Waals surface area contributed by atoms with Crippen LogP contribution in [0.25, 0.3) is 0 Å². The average Bonchev–Trinajstić information content (AvgIpc) is 2.70. The lowest BCUT2D eigenvalue weighted by molar-refractivity contribution is 0.196. The van der Waals surface area contributed by atoms with Crippen LogP contribution in [0.1, 0.15) is 19.8 Å². The number of aliphatic hydroxyl groups excluding tert-OH is 1. The third-order valence-corrected chi connectivity index (χ3v) is 4.11. The third-order valence-electron chi connectivity index (χ3n) is 2.97. The molecule has 2 rings (SSSR count). The first kappa shape index (κ1) is 15.5. The number of fused-ring (bicyclic) bond motifs is 1.